The van der Waals surface area contributed by atoms with Crippen molar-refractivity contribution in [3.63, 3.8) is 0 Å². The number of carbonyl (C=O) groups excluding carboxylic acids is 2. The molecular formula is C18H24N2O2. The normalized spacial score (nSPS) is 9.91. The summed E-state index contributed by atoms with van der Waals surface area (Å²) in [4.78, 5) is 26.8. The molecule has 0 aromatic heterocycles. The zero-order valence-electron chi connectivity index (χ0n) is 13.4. The van der Waals surface area contributed by atoms with Crippen LogP contribution in [0.15, 0.2) is 49.6 Å². The first-order chi connectivity index (χ1) is 10.5. The van der Waals surface area contributed by atoms with Crippen LogP contribution in [0.1, 0.15) is 25.0 Å². The lowest BCUT2D eigenvalue weighted by atomic mass is 10.1. The molecule has 0 heterocycles. The summed E-state index contributed by atoms with van der Waals surface area (Å²) in [6.07, 6.45) is 2.66. The zero-order chi connectivity index (χ0) is 16.5. The minimum atomic E-state index is -0.0692. The van der Waals surface area contributed by atoms with Crippen molar-refractivity contribution >= 4 is 11.8 Å². The van der Waals surface area contributed by atoms with Crippen LogP contribution in [0.4, 0.5) is 0 Å². The van der Waals surface area contributed by atoms with E-state index in [2.05, 4.69) is 13.2 Å². The van der Waals surface area contributed by atoms with Gasteiger partial charge in [0.2, 0.25) is 11.8 Å². The van der Waals surface area contributed by atoms with Gasteiger partial charge in [-0.2, -0.15) is 0 Å². The maximum atomic E-state index is 11.7. The topological polar surface area (TPSA) is 40.6 Å². The second kappa shape index (κ2) is 8.82. The van der Waals surface area contributed by atoms with Gasteiger partial charge < -0.3 is 9.80 Å². The van der Waals surface area contributed by atoms with Crippen molar-refractivity contribution in [1.82, 2.24) is 9.80 Å². The molecule has 1 aromatic carbocycles. The first-order valence-corrected chi connectivity index (χ1v) is 7.46. The van der Waals surface area contributed by atoms with E-state index in [0.717, 1.165) is 11.1 Å². The van der Waals surface area contributed by atoms with Gasteiger partial charge in [-0.05, 0) is 37.1 Å². The number of hydrogen-bond donors (Lipinski definition) is 0. The molecule has 0 N–H and O–H groups in total. The fourth-order valence-corrected chi connectivity index (χ4v) is 2.14. The predicted octanol–water partition coefficient (Wildman–Crippen LogP) is 2.76. The molecular weight excluding hydrogens is 276 g/mol. The molecule has 2 amide bonds. The number of amides is 2. The van der Waals surface area contributed by atoms with E-state index >= 15 is 0 Å². The Bertz CT molecular complexity index is 486. The summed E-state index contributed by atoms with van der Waals surface area (Å²) in [5.41, 5.74) is 2.11. The third-order valence-corrected chi connectivity index (χ3v) is 3.51. The highest BCUT2D eigenvalue weighted by molar-refractivity contribution is 5.87. The van der Waals surface area contributed by atoms with Gasteiger partial charge in [0.25, 0.3) is 0 Å². The van der Waals surface area contributed by atoms with Crippen molar-refractivity contribution < 1.29 is 9.59 Å². The third-order valence-electron chi connectivity index (χ3n) is 3.51. The lowest BCUT2D eigenvalue weighted by molar-refractivity contribution is -0.127. The Hall–Kier alpha value is -2.36. The minimum absolute atomic E-state index is 0.0692. The molecule has 0 saturated carbocycles. The third kappa shape index (κ3) is 4.88. The highest BCUT2D eigenvalue weighted by Crippen LogP contribution is 2.10. The number of carbonyl (C=O) groups is 2. The van der Waals surface area contributed by atoms with E-state index in [9.17, 15) is 9.59 Å². The van der Waals surface area contributed by atoms with Gasteiger partial charge in [0.1, 0.15) is 0 Å². The Balaban J connectivity index is 2.73. The van der Waals surface area contributed by atoms with Crippen molar-refractivity contribution in [1.29, 1.82) is 0 Å². The molecule has 1 rings (SSSR count). The monoisotopic (exact) mass is 300 g/mol. The van der Waals surface area contributed by atoms with E-state index in [0.29, 0.717) is 26.2 Å². The molecule has 0 radical (unpaired) electrons. The standard InChI is InChI=1S/C18H24N2O2/c1-5-17(21)19(7-3)13-15-9-11-16(12-10-15)14-20(8-4)18(22)6-2/h5-6,9-12H,1-2,7-8,13-14H2,3-4H3. The number of hydrogen-bond acceptors (Lipinski definition) is 2. The van der Waals surface area contributed by atoms with Gasteiger partial charge in [0.15, 0.2) is 0 Å². The summed E-state index contributed by atoms with van der Waals surface area (Å²) >= 11 is 0. The van der Waals surface area contributed by atoms with Crippen LogP contribution >= 0.6 is 0 Å². The molecule has 4 nitrogen and oxygen atoms in total. The minimum Gasteiger partial charge on any atom is -0.335 e. The number of nitrogens with zero attached hydrogens (tertiary/aromatic N) is 2. The summed E-state index contributed by atoms with van der Waals surface area (Å²) < 4.78 is 0. The Kier molecular flexibility index (Phi) is 7.09. The van der Waals surface area contributed by atoms with Crippen LogP contribution in [0, 0.1) is 0 Å². The summed E-state index contributed by atoms with van der Waals surface area (Å²) in [6.45, 7) is 13.3. The number of rotatable bonds is 8. The number of benzene rings is 1. The fraction of sp³-hybridized carbons (Fsp3) is 0.333. The zero-order valence-corrected chi connectivity index (χ0v) is 13.4. The Morgan fingerprint density at radius 3 is 1.41 bits per heavy atom. The molecule has 0 aliphatic heterocycles. The second-order valence-electron chi connectivity index (χ2n) is 4.93. The summed E-state index contributed by atoms with van der Waals surface area (Å²) in [5, 5.41) is 0. The van der Waals surface area contributed by atoms with Crippen LogP contribution in [0.25, 0.3) is 0 Å². The highest BCUT2D eigenvalue weighted by atomic mass is 16.2. The van der Waals surface area contributed by atoms with Crippen LogP contribution in [0.3, 0.4) is 0 Å². The Labute approximate surface area is 132 Å². The molecule has 0 aliphatic rings. The first kappa shape index (κ1) is 17.7. The molecule has 0 unspecified atom stereocenters. The van der Waals surface area contributed by atoms with Crippen molar-refractivity contribution in [2.45, 2.75) is 26.9 Å². The summed E-state index contributed by atoms with van der Waals surface area (Å²) in [5.74, 6) is -0.138. The Morgan fingerprint density at radius 1 is 0.864 bits per heavy atom. The SMILES string of the molecule is C=CC(=O)N(CC)Cc1ccc(CN(CC)C(=O)C=C)cc1. The van der Waals surface area contributed by atoms with Gasteiger partial charge >= 0.3 is 0 Å². The Morgan fingerprint density at radius 2 is 1.18 bits per heavy atom. The molecule has 4 heteroatoms. The van der Waals surface area contributed by atoms with E-state index in [1.165, 1.54) is 12.2 Å². The van der Waals surface area contributed by atoms with Crippen LogP contribution in [0.5, 0.6) is 0 Å². The maximum absolute atomic E-state index is 11.7. The molecule has 0 saturated heterocycles. The van der Waals surface area contributed by atoms with Gasteiger partial charge in [-0.15, -0.1) is 0 Å². The van der Waals surface area contributed by atoms with E-state index in [1.54, 1.807) is 9.80 Å². The predicted molar refractivity (Wildman–Crippen MR) is 89.0 cm³/mol. The second-order valence-corrected chi connectivity index (χ2v) is 4.93. The summed E-state index contributed by atoms with van der Waals surface area (Å²) in [6, 6.07) is 7.95. The molecule has 0 fully saturated rings. The molecule has 0 atom stereocenters. The quantitative estimate of drug-likeness (QED) is 0.693. The summed E-state index contributed by atoms with van der Waals surface area (Å²) in [7, 11) is 0. The fourth-order valence-electron chi connectivity index (χ4n) is 2.14. The van der Waals surface area contributed by atoms with Gasteiger partial charge in [-0.3, -0.25) is 9.59 Å². The van der Waals surface area contributed by atoms with E-state index in [-0.39, 0.29) is 11.8 Å². The molecule has 118 valence electrons. The molecule has 0 aliphatic carbocycles. The van der Waals surface area contributed by atoms with Gasteiger partial charge in [0, 0.05) is 26.2 Å². The van der Waals surface area contributed by atoms with Crippen LogP contribution in [-0.2, 0) is 22.7 Å². The van der Waals surface area contributed by atoms with Crippen molar-refractivity contribution in [2.75, 3.05) is 13.1 Å². The lowest BCUT2D eigenvalue weighted by Crippen LogP contribution is -2.29. The van der Waals surface area contributed by atoms with Crippen LogP contribution in [0.2, 0.25) is 0 Å². The molecule has 0 spiro atoms. The van der Waals surface area contributed by atoms with Gasteiger partial charge in [-0.1, -0.05) is 37.4 Å². The maximum Gasteiger partial charge on any atom is 0.246 e. The van der Waals surface area contributed by atoms with Gasteiger partial charge in [-0.25, -0.2) is 0 Å². The average molecular weight is 300 g/mol. The largest absolute Gasteiger partial charge is 0.335 e. The van der Waals surface area contributed by atoms with E-state index < -0.39 is 0 Å². The number of likely N-dealkylation sites (N-methyl/N-ethyl adjacent to an activating group) is 2. The van der Waals surface area contributed by atoms with Crippen LogP contribution < -0.4 is 0 Å². The van der Waals surface area contributed by atoms with E-state index in [4.69, 9.17) is 0 Å². The van der Waals surface area contributed by atoms with E-state index in [1.807, 2.05) is 38.1 Å². The van der Waals surface area contributed by atoms with Crippen molar-refractivity contribution in [2.24, 2.45) is 0 Å². The van der Waals surface area contributed by atoms with Gasteiger partial charge in [0.05, 0.1) is 0 Å². The smallest absolute Gasteiger partial charge is 0.246 e. The highest BCUT2D eigenvalue weighted by Gasteiger charge is 2.10. The lowest BCUT2D eigenvalue weighted by Gasteiger charge is -2.21. The molecule has 22 heavy (non-hydrogen) atoms. The average Bonchev–Trinajstić information content (AvgIpc) is 2.57. The molecule has 1 aromatic rings. The van der Waals surface area contributed by atoms with Crippen molar-refractivity contribution in [3.05, 3.63) is 60.7 Å². The van der Waals surface area contributed by atoms with Crippen molar-refractivity contribution in [3.8, 4) is 0 Å². The first-order valence-electron chi connectivity index (χ1n) is 7.46. The molecule has 0 bridgehead atoms. The van der Waals surface area contributed by atoms with Crippen LogP contribution in [-0.4, -0.2) is 34.7 Å².